The quantitative estimate of drug-likeness (QED) is 0.925. The third-order valence-electron chi connectivity index (χ3n) is 3.67. The molecule has 0 radical (unpaired) electrons. The van der Waals surface area contributed by atoms with E-state index in [1.807, 2.05) is 12.1 Å². The van der Waals surface area contributed by atoms with E-state index in [0.717, 1.165) is 35.9 Å². The van der Waals surface area contributed by atoms with Gasteiger partial charge in [-0.15, -0.1) is 0 Å². The molecule has 2 nitrogen and oxygen atoms in total. The lowest BCUT2D eigenvalue weighted by atomic mass is 9.82. The number of halogens is 1. The Morgan fingerprint density at radius 2 is 2.29 bits per heavy atom. The average molecular weight is 299 g/mol. The van der Waals surface area contributed by atoms with Crippen LogP contribution in [0.5, 0.6) is 5.75 Å². The molecule has 2 unspecified atom stereocenters. The van der Waals surface area contributed by atoms with Gasteiger partial charge in [-0.3, -0.25) is 0 Å². The lowest BCUT2D eigenvalue weighted by molar-refractivity contribution is 0.163. The van der Waals surface area contributed by atoms with Crippen LogP contribution in [0, 0.1) is 5.41 Å². The predicted octanol–water partition coefficient (Wildman–Crippen LogP) is 3.55. The lowest BCUT2D eigenvalue weighted by Gasteiger charge is -2.24. The van der Waals surface area contributed by atoms with Crippen LogP contribution < -0.4 is 4.74 Å². The fraction of sp³-hybridized carbons (Fsp3) is 0.571. The molecule has 1 fully saturated rings. The lowest BCUT2D eigenvalue weighted by Crippen LogP contribution is -2.17. The Kier molecular flexibility index (Phi) is 3.79. The minimum Gasteiger partial charge on any atom is -0.496 e. The van der Waals surface area contributed by atoms with E-state index in [1.54, 1.807) is 7.11 Å². The van der Waals surface area contributed by atoms with Crippen LogP contribution in [0.1, 0.15) is 31.7 Å². The van der Waals surface area contributed by atoms with E-state index in [4.69, 9.17) is 4.74 Å². The van der Waals surface area contributed by atoms with Gasteiger partial charge in [0.2, 0.25) is 0 Å². The van der Waals surface area contributed by atoms with Gasteiger partial charge in [-0.25, -0.2) is 0 Å². The zero-order chi connectivity index (χ0) is 12.5. The average Bonchev–Trinajstić information content (AvgIpc) is 2.59. The van der Waals surface area contributed by atoms with E-state index in [2.05, 4.69) is 28.9 Å². The maximum absolute atomic E-state index is 9.68. The molecular formula is C14H19BrO2. The van der Waals surface area contributed by atoms with E-state index < -0.39 is 0 Å². The molecule has 0 amide bonds. The molecule has 0 saturated heterocycles. The van der Waals surface area contributed by atoms with Gasteiger partial charge in [0.15, 0.2) is 0 Å². The van der Waals surface area contributed by atoms with Crippen molar-refractivity contribution in [1.82, 2.24) is 0 Å². The van der Waals surface area contributed by atoms with Gasteiger partial charge < -0.3 is 9.84 Å². The van der Waals surface area contributed by atoms with Crippen LogP contribution >= 0.6 is 15.9 Å². The summed E-state index contributed by atoms with van der Waals surface area (Å²) < 4.78 is 6.48. The monoisotopic (exact) mass is 298 g/mol. The zero-order valence-electron chi connectivity index (χ0n) is 10.4. The first-order valence-electron chi connectivity index (χ1n) is 6.03. The molecule has 2 atom stereocenters. The predicted molar refractivity (Wildman–Crippen MR) is 72.4 cm³/mol. The molecule has 0 bridgehead atoms. The maximum Gasteiger partial charge on any atom is 0.122 e. The summed E-state index contributed by atoms with van der Waals surface area (Å²) in [4.78, 5) is 0. The minimum absolute atomic E-state index is 0.127. The molecule has 1 N–H and O–H groups in total. The second-order valence-corrected chi connectivity index (χ2v) is 6.26. The summed E-state index contributed by atoms with van der Waals surface area (Å²) in [6.07, 6.45) is 3.74. The van der Waals surface area contributed by atoms with Crippen molar-refractivity contribution in [3.63, 3.8) is 0 Å². The summed E-state index contributed by atoms with van der Waals surface area (Å²) in [6.45, 7) is 2.25. The standard InChI is InChI=1S/C14H19BrO2/c1-14(6-5-12(16)9-14)8-10-7-11(15)3-4-13(10)17-2/h3-4,7,12,16H,5-6,8-9H2,1-2H3. The van der Waals surface area contributed by atoms with Crippen molar-refractivity contribution in [3.05, 3.63) is 28.2 Å². The highest BCUT2D eigenvalue weighted by atomic mass is 79.9. The Hall–Kier alpha value is -0.540. The van der Waals surface area contributed by atoms with Crippen molar-refractivity contribution in [2.24, 2.45) is 5.41 Å². The molecule has 1 aliphatic carbocycles. The highest BCUT2D eigenvalue weighted by Crippen LogP contribution is 2.42. The minimum atomic E-state index is -0.127. The molecule has 17 heavy (non-hydrogen) atoms. The number of hydrogen-bond acceptors (Lipinski definition) is 2. The highest BCUT2D eigenvalue weighted by Gasteiger charge is 2.34. The van der Waals surface area contributed by atoms with Gasteiger partial charge in [0.25, 0.3) is 0 Å². The zero-order valence-corrected chi connectivity index (χ0v) is 12.0. The highest BCUT2D eigenvalue weighted by molar-refractivity contribution is 9.10. The van der Waals surface area contributed by atoms with Gasteiger partial charge in [0.05, 0.1) is 13.2 Å². The number of hydrogen-bond donors (Lipinski definition) is 1. The second kappa shape index (κ2) is 4.99. The fourth-order valence-corrected chi connectivity index (χ4v) is 3.20. The molecule has 94 valence electrons. The van der Waals surface area contributed by atoms with Crippen molar-refractivity contribution >= 4 is 15.9 Å². The van der Waals surface area contributed by atoms with Crippen molar-refractivity contribution in [3.8, 4) is 5.75 Å². The van der Waals surface area contributed by atoms with Crippen LogP contribution in [0.2, 0.25) is 0 Å². The first kappa shape index (κ1) is 12.9. The summed E-state index contributed by atoms with van der Waals surface area (Å²) in [5, 5.41) is 9.68. The van der Waals surface area contributed by atoms with Crippen molar-refractivity contribution in [1.29, 1.82) is 0 Å². The van der Waals surface area contributed by atoms with E-state index in [9.17, 15) is 5.11 Å². The second-order valence-electron chi connectivity index (χ2n) is 5.34. The van der Waals surface area contributed by atoms with E-state index in [0.29, 0.717) is 0 Å². The number of rotatable bonds is 3. The third kappa shape index (κ3) is 3.02. The molecule has 1 aliphatic rings. The number of aliphatic hydroxyl groups is 1. The normalized spacial score (nSPS) is 28.4. The van der Waals surface area contributed by atoms with E-state index >= 15 is 0 Å². The molecule has 3 heteroatoms. The van der Waals surface area contributed by atoms with Crippen molar-refractivity contribution in [2.45, 2.75) is 38.7 Å². The third-order valence-corrected chi connectivity index (χ3v) is 4.16. The summed E-state index contributed by atoms with van der Waals surface area (Å²) in [7, 11) is 1.71. The van der Waals surface area contributed by atoms with Crippen LogP contribution in [0.3, 0.4) is 0 Å². The molecule has 0 aliphatic heterocycles. The molecular weight excluding hydrogens is 280 g/mol. The van der Waals surface area contributed by atoms with Crippen molar-refractivity contribution in [2.75, 3.05) is 7.11 Å². The van der Waals surface area contributed by atoms with Crippen LogP contribution in [0.4, 0.5) is 0 Å². The summed E-state index contributed by atoms with van der Waals surface area (Å²) in [5.41, 5.74) is 1.42. The van der Waals surface area contributed by atoms with Gasteiger partial charge in [0, 0.05) is 4.47 Å². The Bertz CT molecular complexity index is 405. The smallest absolute Gasteiger partial charge is 0.122 e. The van der Waals surface area contributed by atoms with Crippen LogP contribution in [-0.2, 0) is 6.42 Å². The largest absolute Gasteiger partial charge is 0.496 e. The van der Waals surface area contributed by atoms with E-state index in [-0.39, 0.29) is 11.5 Å². The topological polar surface area (TPSA) is 29.5 Å². The molecule has 1 aromatic carbocycles. The summed E-state index contributed by atoms with van der Waals surface area (Å²) >= 11 is 3.50. The Labute approximate surface area is 111 Å². The first-order valence-corrected chi connectivity index (χ1v) is 6.82. The van der Waals surface area contributed by atoms with Gasteiger partial charge in [-0.05, 0) is 54.9 Å². The molecule has 0 heterocycles. The van der Waals surface area contributed by atoms with Gasteiger partial charge >= 0.3 is 0 Å². The molecule has 1 saturated carbocycles. The van der Waals surface area contributed by atoms with Crippen molar-refractivity contribution < 1.29 is 9.84 Å². The van der Waals surface area contributed by atoms with Crippen LogP contribution in [0.25, 0.3) is 0 Å². The van der Waals surface area contributed by atoms with Gasteiger partial charge in [-0.1, -0.05) is 22.9 Å². The number of benzene rings is 1. The Morgan fingerprint density at radius 1 is 1.53 bits per heavy atom. The Morgan fingerprint density at radius 3 is 2.88 bits per heavy atom. The van der Waals surface area contributed by atoms with Crippen LogP contribution in [0.15, 0.2) is 22.7 Å². The number of ether oxygens (including phenoxy) is 1. The number of aliphatic hydroxyl groups excluding tert-OH is 1. The molecule has 0 aromatic heterocycles. The molecule has 1 aromatic rings. The van der Waals surface area contributed by atoms with E-state index in [1.165, 1.54) is 5.56 Å². The first-order chi connectivity index (χ1) is 8.02. The molecule has 0 spiro atoms. The maximum atomic E-state index is 9.68. The number of methoxy groups -OCH3 is 1. The Balaban J connectivity index is 2.20. The fourth-order valence-electron chi connectivity index (χ4n) is 2.79. The van der Waals surface area contributed by atoms with Crippen LogP contribution in [-0.4, -0.2) is 18.3 Å². The van der Waals surface area contributed by atoms with Gasteiger partial charge in [-0.2, -0.15) is 0 Å². The van der Waals surface area contributed by atoms with Gasteiger partial charge in [0.1, 0.15) is 5.75 Å². The molecule has 2 rings (SSSR count). The summed E-state index contributed by atoms with van der Waals surface area (Å²) in [6, 6.07) is 6.11. The summed E-state index contributed by atoms with van der Waals surface area (Å²) in [5.74, 6) is 0.941. The SMILES string of the molecule is COc1ccc(Br)cc1CC1(C)CCC(O)C1.